The highest BCUT2D eigenvalue weighted by Gasteiger charge is 2.17. The number of hydrogen-bond acceptors (Lipinski definition) is 3. The van der Waals surface area contributed by atoms with Crippen molar-refractivity contribution in [2.24, 2.45) is 0 Å². The first-order valence-corrected chi connectivity index (χ1v) is 7.99. The van der Waals surface area contributed by atoms with Crippen molar-refractivity contribution in [3.8, 4) is 6.07 Å². The number of rotatable bonds is 3. The third-order valence-corrected chi connectivity index (χ3v) is 4.76. The van der Waals surface area contributed by atoms with E-state index in [-0.39, 0.29) is 4.90 Å². The van der Waals surface area contributed by atoms with E-state index in [1.165, 1.54) is 6.07 Å². The van der Waals surface area contributed by atoms with Gasteiger partial charge in [-0.2, -0.15) is 5.26 Å². The van der Waals surface area contributed by atoms with E-state index in [4.69, 9.17) is 5.26 Å². The van der Waals surface area contributed by atoms with Crippen LogP contribution >= 0.6 is 15.9 Å². The fourth-order valence-electron chi connectivity index (χ4n) is 1.69. The first-order chi connectivity index (χ1) is 9.42. The summed E-state index contributed by atoms with van der Waals surface area (Å²) in [5.74, 6) is 0. The first-order valence-electron chi connectivity index (χ1n) is 5.71. The molecule has 20 heavy (non-hydrogen) atoms. The van der Waals surface area contributed by atoms with Gasteiger partial charge < -0.3 is 0 Å². The van der Waals surface area contributed by atoms with Crippen LogP contribution in [0.15, 0.2) is 51.8 Å². The fraction of sp³-hybridized carbons (Fsp3) is 0.0714. The van der Waals surface area contributed by atoms with Gasteiger partial charge in [-0.05, 0) is 48.9 Å². The van der Waals surface area contributed by atoms with E-state index >= 15 is 0 Å². The summed E-state index contributed by atoms with van der Waals surface area (Å²) in [6.45, 7) is 1.69. The molecule has 0 aliphatic heterocycles. The third kappa shape index (κ3) is 3.18. The second-order valence-corrected chi connectivity index (χ2v) is 6.77. The molecule has 0 heterocycles. The van der Waals surface area contributed by atoms with Crippen molar-refractivity contribution in [1.29, 1.82) is 5.26 Å². The molecule has 0 spiro atoms. The standard InChI is InChI=1S/C14H11BrN2O2S/c1-10-2-3-11(9-16)8-14(10)20(18,19)17-13-6-4-12(15)5-7-13/h2-8,17H,1H3. The quantitative estimate of drug-likeness (QED) is 0.921. The number of benzene rings is 2. The minimum Gasteiger partial charge on any atom is -0.280 e. The highest BCUT2D eigenvalue weighted by Crippen LogP contribution is 2.21. The molecule has 6 heteroatoms. The van der Waals surface area contributed by atoms with E-state index in [9.17, 15) is 8.42 Å². The van der Waals surface area contributed by atoms with Crippen molar-refractivity contribution in [2.75, 3.05) is 4.72 Å². The Morgan fingerprint density at radius 3 is 2.40 bits per heavy atom. The largest absolute Gasteiger partial charge is 0.280 e. The summed E-state index contributed by atoms with van der Waals surface area (Å²) < 4.78 is 28.0. The van der Waals surface area contributed by atoms with Gasteiger partial charge in [0.2, 0.25) is 0 Å². The maximum Gasteiger partial charge on any atom is 0.262 e. The van der Waals surface area contributed by atoms with Crippen LogP contribution in [0.4, 0.5) is 5.69 Å². The molecule has 0 radical (unpaired) electrons. The van der Waals surface area contributed by atoms with Crippen molar-refractivity contribution in [3.05, 3.63) is 58.1 Å². The van der Waals surface area contributed by atoms with Gasteiger partial charge in [-0.15, -0.1) is 0 Å². The molecule has 2 aromatic rings. The van der Waals surface area contributed by atoms with Gasteiger partial charge in [0.25, 0.3) is 10.0 Å². The van der Waals surface area contributed by atoms with Gasteiger partial charge in [0.1, 0.15) is 0 Å². The van der Waals surface area contributed by atoms with Crippen molar-refractivity contribution in [1.82, 2.24) is 0 Å². The van der Waals surface area contributed by atoms with Crippen LogP contribution in [0.3, 0.4) is 0 Å². The molecule has 0 saturated heterocycles. The lowest BCUT2D eigenvalue weighted by molar-refractivity contribution is 0.600. The summed E-state index contributed by atoms with van der Waals surface area (Å²) in [4.78, 5) is 0.111. The minimum atomic E-state index is -3.71. The van der Waals surface area contributed by atoms with Gasteiger partial charge in [-0.3, -0.25) is 4.72 Å². The topological polar surface area (TPSA) is 70.0 Å². The fourth-order valence-corrected chi connectivity index (χ4v) is 3.28. The van der Waals surface area contributed by atoms with Crippen LogP contribution in [0.1, 0.15) is 11.1 Å². The van der Waals surface area contributed by atoms with E-state index in [2.05, 4.69) is 20.7 Å². The van der Waals surface area contributed by atoms with E-state index in [0.717, 1.165) is 4.47 Å². The van der Waals surface area contributed by atoms with Crippen molar-refractivity contribution < 1.29 is 8.42 Å². The molecule has 0 aromatic heterocycles. The molecule has 2 aromatic carbocycles. The molecule has 102 valence electrons. The van der Waals surface area contributed by atoms with Gasteiger partial charge in [0.15, 0.2) is 0 Å². The van der Waals surface area contributed by atoms with Crippen LogP contribution in [0.25, 0.3) is 0 Å². The SMILES string of the molecule is Cc1ccc(C#N)cc1S(=O)(=O)Nc1ccc(Br)cc1. The Labute approximate surface area is 126 Å². The van der Waals surface area contributed by atoms with Crippen LogP contribution in [0.5, 0.6) is 0 Å². The second-order valence-electron chi connectivity index (χ2n) is 4.20. The zero-order valence-corrected chi connectivity index (χ0v) is 13.0. The number of nitrogens with zero attached hydrogens (tertiary/aromatic N) is 1. The van der Waals surface area contributed by atoms with E-state index in [0.29, 0.717) is 16.8 Å². The Balaban J connectivity index is 2.40. The van der Waals surface area contributed by atoms with Crippen LogP contribution < -0.4 is 4.72 Å². The number of anilines is 1. The Hall–Kier alpha value is -1.84. The number of halogens is 1. The maximum atomic E-state index is 12.3. The smallest absolute Gasteiger partial charge is 0.262 e. The molecule has 0 atom stereocenters. The van der Waals surface area contributed by atoms with Gasteiger partial charge in [0.05, 0.1) is 16.5 Å². The number of nitriles is 1. The molecular formula is C14H11BrN2O2S. The molecule has 0 bridgehead atoms. The van der Waals surface area contributed by atoms with Gasteiger partial charge in [0, 0.05) is 10.2 Å². The molecule has 1 N–H and O–H groups in total. The predicted molar refractivity (Wildman–Crippen MR) is 80.8 cm³/mol. The van der Waals surface area contributed by atoms with E-state index in [1.54, 1.807) is 43.3 Å². The molecule has 0 saturated carbocycles. The Bertz CT molecular complexity index is 778. The average molecular weight is 351 g/mol. The number of nitrogens with one attached hydrogen (secondary N) is 1. The summed E-state index contributed by atoms with van der Waals surface area (Å²) in [5.41, 5.74) is 1.37. The van der Waals surface area contributed by atoms with Crippen LogP contribution in [0.2, 0.25) is 0 Å². The third-order valence-electron chi connectivity index (χ3n) is 2.70. The monoisotopic (exact) mass is 350 g/mol. The summed E-state index contributed by atoms with van der Waals surface area (Å²) in [6, 6.07) is 13.3. The van der Waals surface area contributed by atoms with Crippen LogP contribution in [0, 0.1) is 18.3 Å². The lowest BCUT2D eigenvalue weighted by atomic mass is 10.2. The van der Waals surface area contributed by atoms with Crippen molar-refractivity contribution >= 4 is 31.6 Å². The number of aryl methyl sites for hydroxylation is 1. The molecule has 2 rings (SSSR count). The Morgan fingerprint density at radius 1 is 1.15 bits per heavy atom. The summed E-state index contributed by atoms with van der Waals surface area (Å²) >= 11 is 3.29. The summed E-state index contributed by atoms with van der Waals surface area (Å²) in [5, 5.41) is 8.87. The molecule has 0 unspecified atom stereocenters. The van der Waals surface area contributed by atoms with Gasteiger partial charge in [-0.25, -0.2) is 8.42 Å². The average Bonchev–Trinajstić information content (AvgIpc) is 2.41. The summed E-state index contributed by atoms with van der Waals surface area (Å²) in [6.07, 6.45) is 0. The van der Waals surface area contributed by atoms with Crippen LogP contribution in [-0.2, 0) is 10.0 Å². The summed E-state index contributed by atoms with van der Waals surface area (Å²) in [7, 11) is -3.71. The molecular weight excluding hydrogens is 340 g/mol. The number of hydrogen-bond donors (Lipinski definition) is 1. The predicted octanol–water partition coefficient (Wildman–Crippen LogP) is 3.43. The lowest BCUT2D eigenvalue weighted by Crippen LogP contribution is -2.14. The minimum absolute atomic E-state index is 0.111. The van der Waals surface area contributed by atoms with Gasteiger partial charge in [-0.1, -0.05) is 22.0 Å². The van der Waals surface area contributed by atoms with E-state index in [1.807, 2.05) is 6.07 Å². The lowest BCUT2D eigenvalue weighted by Gasteiger charge is -2.10. The molecule has 4 nitrogen and oxygen atoms in total. The molecule has 0 aliphatic rings. The molecule has 0 aliphatic carbocycles. The zero-order chi connectivity index (χ0) is 14.8. The molecule has 0 amide bonds. The highest BCUT2D eigenvalue weighted by molar-refractivity contribution is 9.10. The number of sulfonamides is 1. The zero-order valence-electron chi connectivity index (χ0n) is 10.6. The molecule has 0 fully saturated rings. The Morgan fingerprint density at radius 2 is 1.80 bits per heavy atom. The van der Waals surface area contributed by atoms with E-state index < -0.39 is 10.0 Å². The van der Waals surface area contributed by atoms with Gasteiger partial charge >= 0.3 is 0 Å². The normalized spacial score (nSPS) is 10.8. The second kappa shape index (κ2) is 5.65. The maximum absolute atomic E-state index is 12.3. The van der Waals surface area contributed by atoms with Crippen molar-refractivity contribution in [3.63, 3.8) is 0 Å². The van der Waals surface area contributed by atoms with Crippen LogP contribution in [-0.4, -0.2) is 8.42 Å². The van der Waals surface area contributed by atoms with Crippen molar-refractivity contribution in [2.45, 2.75) is 11.8 Å². The Kier molecular flexibility index (Phi) is 4.12. The highest BCUT2D eigenvalue weighted by atomic mass is 79.9. The first kappa shape index (κ1) is 14.6.